The fraction of sp³-hybridized carbons (Fsp3) is 0.562. The predicted octanol–water partition coefficient (Wildman–Crippen LogP) is 1.81. The maximum atomic E-state index is 12.2. The molecule has 21 heavy (non-hydrogen) atoms. The lowest BCUT2D eigenvalue weighted by Crippen LogP contribution is -2.33. The maximum Gasteiger partial charge on any atom is 0.238 e. The summed E-state index contributed by atoms with van der Waals surface area (Å²) in [6, 6.07) is 6.03. The highest BCUT2D eigenvalue weighted by atomic mass is 35.5. The van der Waals surface area contributed by atoms with Crippen LogP contribution >= 0.6 is 12.4 Å². The van der Waals surface area contributed by atoms with Gasteiger partial charge in [0.1, 0.15) is 0 Å². The average molecular weight is 310 g/mol. The SMILES string of the molecule is Cc1cccc(NC(=O)CN2C[C@H]3CNC[C@H]3C2)c1C.Cl. The zero-order chi connectivity index (χ0) is 14.1. The highest BCUT2D eigenvalue weighted by molar-refractivity contribution is 5.93. The average Bonchev–Trinajstić information content (AvgIpc) is 2.95. The molecule has 116 valence electrons. The molecule has 1 amide bonds. The Hall–Kier alpha value is -1.10. The van der Waals surface area contributed by atoms with E-state index in [9.17, 15) is 4.79 Å². The van der Waals surface area contributed by atoms with Gasteiger partial charge in [-0.05, 0) is 56.0 Å². The van der Waals surface area contributed by atoms with Gasteiger partial charge in [0, 0.05) is 18.8 Å². The van der Waals surface area contributed by atoms with Gasteiger partial charge in [-0.1, -0.05) is 12.1 Å². The molecule has 0 saturated carbocycles. The Kier molecular flexibility index (Phi) is 5.25. The molecule has 2 heterocycles. The summed E-state index contributed by atoms with van der Waals surface area (Å²) < 4.78 is 0. The standard InChI is InChI=1S/C16H23N3O.ClH/c1-11-4-3-5-15(12(11)2)18-16(20)10-19-8-13-6-17-7-14(13)9-19;/h3-5,13-14,17H,6-10H2,1-2H3,(H,18,20);1H/t13-,14+;. The second kappa shape index (κ2) is 6.77. The Bertz CT molecular complexity index is 508. The number of likely N-dealkylation sites (tertiary alicyclic amines) is 1. The van der Waals surface area contributed by atoms with Crippen LogP contribution in [-0.4, -0.2) is 43.5 Å². The van der Waals surface area contributed by atoms with Crippen LogP contribution < -0.4 is 10.6 Å². The molecule has 3 rings (SSSR count). The summed E-state index contributed by atoms with van der Waals surface area (Å²) in [4.78, 5) is 14.5. The number of fused-ring (bicyclic) bond motifs is 1. The van der Waals surface area contributed by atoms with Gasteiger partial charge in [0.15, 0.2) is 0 Å². The van der Waals surface area contributed by atoms with Gasteiger partial charge < -0.3 is 10.6 Å². The van der Waals surface area contributed by atoms with Crippen molar-refractivity contribution in [2.45, 2.75) is 13.8 Å². The highest BCUT2D eigenvalue weighted by Gasteiger charge is 2.36. The third-order valence-electron chi connectivity index (χ3n) is 4.71. The summed E-state index contributed by atoms with van der Waals surface area (Å²) in [6.45, 7) is 8.96. The molecule has 0 aliphatic carbocycles. The summed E-state index contributed by atoms with van der Waals surface area (Å²) in [5.74, 6) is 1.58. The van der Waals surface area contributed by atoms with Crippen LogP contribution in [0, 0.1) is 25.7 Å². The number of rotatable bonds is 3. The Balaban J connectivity index is 0.00000161. The van der Waals surface area contributed by atoms with E-state index in [-0.39, 0.29) is 18.3 Å². The van der Waals surface area contributed by atoms with Crippen LogP contribution in [0.5, 0.6) is 0 Å². The zero-order valence-corrected chi connectivity index (χ0v) is 13.5. The number of hydrogen-bond acceptors (Lipinski definition) is 3. The first kappa shape index (κ1) is 16.3. The first-order chi connectivity index (χ1) is 9.63. The second-order valence-electron chi connectivity index (χ2n) is 6.17. The fourth-order valence-electron chi connectivity index (χ4n) is 3.36. The largest absolute Gasteiger partial charge is 0.325 e. The van der Waals surface area contributed by atoms with Crippen molar-refractivity contribution in [1.29, 1.82) is 0 Å². The Morgan fingerprint density at radius 2 is 1.95 bits per heavy atom. The molecule has 0 aromatic heterocycles. The van der Waals surface area contributed by atoms with Crippen molar-refractivity contribution in [2.75, 3.05) is 38.0 Å². The Morgan fingerprint density at radius 1 is 1.29 bits per heavy atom. The van der Waals surface area contributed by atoms with Crippen molar-refractivity contribution in [3.05, 3.63) is 29.3 Å². The number of aryl methyl sites for hydroxylation is 1. The molecule has 1 aromatic rings. The van der Waals surface area contributed by atoms with Crippen molar-refractivity contribution in [2.24, 2.45) is 11.8 Å². The summed E-state index contributed by atoms with van der Waals surface area (Å²) in [5, 5.41) is 6.47. The molecule has 1 aromatic carbocycles. The third-order valence-corrected chi connectivity index (χ3v) is 4.71. The summed E-state index contributed by atoms with van der Waals surface area (Å²) in [6.07, 6.45) is 0. The topological polar surface area (TPSA) is 44.4 Å². The van der Waals surface area contributed by atoms with Gasteiger partial charge in [-0.2, -0.15) is 0 Å². The predicted molar refractivity (Wildman–Crippen MR) is 88.1 cm³/mol. The van der Waals surface area contributed by atoms with Crippen LogP contribution in [0.4, 0.5) is 5.69 Å². The van der Waals surface area contributed by atoms with Crippen molar-refractivity contribution >= 4 is 24.0 Å². The number of benzene rings is 1. The number of carbonyl (C=O) groups is 1. The molecular weight excluding hydrogens is 286 g/mol. The van der Waals surface area contributed by atoms with E-state index in [0.29, 0.717) is 6.54 Å². The molecule has 4 nitrogen and oxygen atoms in total. The van der Waals surface area contributed by atoms with Gasteiger partial charge in [0.05, 0.1) is 6.54 Å². The highest BCUT2D eigenvalue weighted by Crippen LogP contribution is 2.26. The van der Waals surface area contributed by atoms with E-state index in [0.717, 1.165) is 49.3 Å². The summed E-state index contributed by atoms with van der Waals surface area (Å²) in [5.41, 5.74) is 3.31. The Labute approximate surface area is 132 Å². The molecule has 0 radical (unpaired) electrons. The Morgan fingerprint density at radius 3 is 2.62 bits per heavy atom. The minimum atomic E-state index is 0. The van der Waals surface area contributed by atoms with Crippen molar-refractivity contribution in [1.82, 2.24) is 10.2 Å². The number of nitrogens with zero attached hydrogens (tertiary/aromatic N) is 1. The van der Waals surface area contributed by atoms with Crippen LogP contribution in [0.25, 0.3) is 0 Å². The smallest absolute Gasteiger partial charge is 0.238 e. The maximum absolute atomic E-state index is 12.2. The van der Waals surface area contributed by atoms with Gasteiger partial charge in [-0.15, -0.1) is 12.4 Å². The zero-order valence-electron chi connectivity index (χ0n) is 12.7. The van der Waals surface area contributed by atoms with Gasteiger partial charge in [-0.3, -0.25) is 9.69 Å². The number of carbonyl (C=O) groups excluding carboxylic acids is 1. The van der Waals surface area contributed by atoms with Gasteiger partial charge in [0.25, 0.3) is 0 Å². The lowest BCUT2D eigenvalue weighted by atomic mass is 10.0. The quantitative estimate of drug-likeness (QED) is 0.895. The molecule has 2 atom stereocenters. The van der Waals surface area contributed by atoms with E-state index >= 15 is 0 Å². The van der Waals surface area contributed by atoms with Gasteiger partial charge >= 0.3 is 0 Å². The van der Waals surface area contributed by atoms with Crippen molar-refractivity contribution in [3.63, 3.8) is 0 Å². The molecule has 2 aliphatic rings. The summed E-state index contributed by atoms with van der Waals surface area (Å²) in [7, 11) is 0. The van der Waals surface area contributed by atoms with E-state index in [1.54, 1.807) is 0 Å². The minimum absolute atomic E-state index is 0. The van der Waals surface area contributed by atoms with Crippen LogP contribution in [0.2, 0.25) is 0 Å². The van der Waals surface area contributed by atoms with E-state index in [1.807, 2.05) is 12.1 Å². The first-order valence-electron chi connectivity index (χ1n) is 7.42. The third kappa shape index (κ3) is 3.57. The van der Waals surface area contributed by atoms with Gasteiger partial charge in [-0.25, -0.2) is 0 Å². The number of anilines is 1. The monoisotopic (exact) mass is 309 g/mol. The van der Waals surface area contributed by atoms with Gasteiger partial charge in [0.2, 0.25) is 5.91 Å². The second-order valence-corrected chi connectivity index (χ2v) is 6.17. The summed E-state index contributed by atoms with van der Waals surface area (Å²) >= 11 is 0. The van der Waals surface area contributed by atoms with E-state index in [4.69, 9.17) is 0 Å². The molecule has 2 fully saturated rings. The minimum Gasteiger partial charge on any atom is -0.325 e. The number of amides is 1. The molecule has 2 aliphatic heterocycles. The molecular formula is C16H24ClN3O. The molecule has 0 unspecified atom stereocenters. The number of halogens is 1. The molecule has 2 saturated heterocycles. The van der Waals surface area contributed by atoms with Crippen LogP contribution in [0.1, 0.15) is 11.1 Å². The lowest BCUT2D eigenvalue weighted by molar-refractivity contribution is -0.117. The van der Waals surface area contributed by atoms with Crippen LogP contribution in [0.15, 0.2) is 18.2 Å². The van der Waals surface area contributed by atoms with Crippen molar-refractivity contribution in [3.8, 4) is 0 Å². The fourth-order valence-corrected chi connectivity index (χ4v) is 3.36. The lowest BCUT2D eigenvalue weighted by Gasteiger charge is -2.17. The molecule has 0 spiro atoms. The molecule has 2 N–H and O–H groups in total. The van der Waals surface area contributed by atoms with E-state index < -0.39 is 0 Å². The number of hydrogen-bond donors (Lipinski definition) is 2. The van der Waals surface area contributed by atoms with Crippen LogP contribution in [0.3, 0.4) is 0 Å². The molecule has 5 heteroatoms. The number of nitrogens with one attached hydrogen (secondary N) is 2. The first-order valence-corrected chi connectivity index (χ1v) is 7.42. The van der Waals surface area contributed by atoms with E-state index in [2.05, 4.69) is 35.4 Å². The molecule has 0 bridgehead atoms. The van der Waals surface area contributed by atoms with Crippen LogP contribution in [-0.2, 0) is 4.79 Å². The van der Waals surface area contributed by atoms with Crippen molar-refractivity contribution < 1.29 is 4.79 Å². The van der Waals surface area contributed by atoms with E-state index in [1.165, 1.54) is 5.56 Å². The normalized spacial score (nSPS) is 24.5.